The van der Waals surface area contributed by atoms with E-state index in [1.807, 2.05) is 24.4 Å². The van der Waals surface area contributed by atoms with Crippen molar-refractivity contribution in [1.82, 2.24) is 4.90 Å². The second-order valence-corrected chi connectivity index (χ2v) is 5.75. The molecule has 0 spiro atoms. The summed E-state index contributed by atoms with van der Waals surface area (Å²) in [5.41, 5.74) is 0. The van der Waals surface area contributed by atoms with Crippen LogP contribution in [0.15, 0.2) is 17.5 Å². The molecule has 2 atom stereocenters. The molecule has 1 amide bonds. The topological polar surface area (TPSA) is 57.6 Å². The first-order valence-electron chi connectivity index (χ1n) is 6.14. The van der Waals surface area contributed by atoms with Crippen molar-refractivity contribution in [3.63, 3.8) is 0 Å². The zero-order chi connectivity index (χ0) is 13.1. The highest BCUT2D eigenvalue weighted by Crippen LogP contribution is 2.25. The van der Waals surface area contributed by atoms with E-state index in [0.29, 0.717) is 19.4 Å². The molecule has 1 N–H and O–H groups in total. The number of aliphatic carboxylic acids is 1. The summed E-state index contributed by atoms with van der Waals surface area (Å²) in [6.07, 6.45) is 1.88. The molecule has 0 saturated carbocycles. The molecule has 0 radical (unpaired) electrons. The van der Waals surface area contributed by atoms with Crippen LogP contribution >= 0.6 is 11.3 Å². The summed E-state index contributed by atoms with van der Waals surface area (Å²) in [6, 6.07) is 3.32. The molecule has 98 valence electrons. The lowest BCUT2D eigenvalue weighted by Gasteiger charge is -2.23. The first-order valence-corrected chi connectivity index (χ1v) is 7.02. The third kappa shape index (κ3) is 2.72. The minimum absolute atomic E-state index is 0.0415. The molecule has 1 aromatic rings. The van der Waals surface area contributed by atoms with Gasteiger partial charge in [0.1, 0.15) is 6.04 Å². The molecular formula is C13H17NO3S. The SMILES string of the molecule is CC1CCN(C(=O)CCc2cccs2)C1C(=O)O. The van der Waals surface area contributed by atoms with Crippen LogP contribution < -0.4 is 0 Å². The van der Waals surface area contributed by atoms with Crippen LogP contribution in [0.3, 0.4) is 0 Å². The third-order valence-corrected chi connectivity index (χ3v) is 4.38. The van der Waals surface area contributed by atoms with E-state index in [0.717, 1.165) is 6.42 Å². The molecule has 1 saturated heterocycles. The van der Waals surface area contributed by atoms with Gasteiger partial charge in [-0.25, -0.2) is 4.79 Å². The Labute approximate surface area is 110 Å². The van der Waals surface area contributed by atoms with Crippen LogP contribution in [-0.4, -0.2) is 34.5 Å². The maximum Gasteiger partial charge on any atom is 0.326 e. The quantitative estimate of drug-likeness (QED) is 0.907. The number of hydrogen-bond donors (Lipinski definition) is 1. The molecule has 1 aliphatic rings. The predicted octanol–water partition coefficient (Wildman–Crippen LogP) is 2.00. The highest BCUT2D eigenvalue weighted by atomic mass is 32.1. The lowest BCUT2D eigenvalue weighted by Crippen LogP contribution is -2.42. The van der Waals surface area contributed by atoms with Crippen LogP contribution in [0.4, 0.5) is 0 Å². The number of amides is 1. The Kier molecular flexibility index (Phi) is 4.01. The van der Waals surface area contributed by atoms with Gasteiger partial charge in [-0.05, 0) is 30.2 Å². The first-order chi connectivity index (χ1) is 8.59. The lowest BCUT2D eigenvalue weighted by atomic mass is 10.0. The Morgan fingerprint density at radius 2 is 2.33 bits per heavy atom. The molecule has 1 fully saturated rings. The molecule has 1 aromatic heterocycles. The van der Waals surface area contributed by atoms with Crippen LogP contribution in [0, 0.1) is 5.92 Å². The summed E-state index contributed by atoms with van der Waals surface area (Å²) in [6.45, 7) is 2.47. The van der Waals surface area contributed by atoms with E-state index in [9.17, 15) is 9.59 Å². The van der Waals surface area contributed by atoms with E-state index in [-0.39, 0.29) is 11.8 Å². The van der Waals surface area contributed by atoms with Crippen molar-refractivity contribution in [3.05, 3.63) is 22.4 Å². The van der Waals surface area contributed by atoms with Crippen LogP contribution in [-0.2, 0) is 16.0 Å². The fraction of sp³-hybridized carbons (Fsp3) is 0.538. The molecule has 0 aliphatic carbocycles. The van der Waals surface area contributed by atoms with Crippen LogP contribution in [0.2, 0.25) is 0 Å². The average molecular weight is 267 g/mol. The number of nitrogens with zero attached hydrogens (tertiary/aromatic N) is 1. The summed E-state index contributed by atoms with van der Waals surface area (Å²) < 4.78 is 0. The van der Waals surface area contributed by atoms with Gasteiger partial charge in [0.05, 0.1) is 0 Å². The number of likely N-dealkylation sites (tertiary alicyclic amines) is 1. The molecule has 2 rings (SSSR count). The molecule has 18 heavy (non-hydrogen) atoms. The van der Waals surface area contributed by atoms with Crippen molar-refractivity contribution in [3.8, 4) is 0 Å². The third-order valence-electron chi connectivity index (χ3n) is 3.44. The Morgan fingerprint density at radius 1 is 1.56 bits per heavy atom. The van der Waals surface area contributed by atoms with Crippen molar-refractivity contribution < 1.29 is 14.7 Å². The minimum atomic E-state index is -0.885. The van der Waals surface area contributed by atoms with E-state index in [4.69, 9.17) is 5.11 Å². The number of carbonyl (C=O) groups is 2. The van der Waals surface area contributed by atoms with Crippen molar-refractivity contribution in [2.24, 2.45) is 5.92 Å². The van der Waals surface area contributed by atoms with Crippen molar-refractivity contribution in [2.75, 3.05) is 6.54 Å². The van der Waals surface area contributed by atoms with Crippen molar-refractivity contribution in [1.29, 1.82) is 0 Å². The second-order valence-electron chi connectivity index (χ2n) is 4.72. The maximum absolute atomic E-state index is 12.1. The van der Waals surface area contributed by atoms with Gasteiger partial charge in [-0.3, -0.25) is 4.79 Å². The molecule has 0 aromatic carbocycles. The van der Waals surface area contributed by atoms with Gasteiger partial charge < -0.3 is 10.0 Å². The summed E-state index contributed by atoms with van der Waals surface area (Å²) in [4.78, 5) is 25.9. The van der Waals surface area contributed by atoms with E-state index in [1.165, 1.54) is 9.78 Å². The van der Waals surface area contributed by atoms with Crippen LogP contribution in [0.1, 0.15) is 24.6 Å². The summed E-state index contributed by atoms with van der Waals surface area (Å²) in [5, 5.41) is 11.1. The molecular weight excluding hydrogens is 250 g/mol. The number of thiophene rings is 1. The van der Waals surface area contributed by atoms with Gasteiger partial charge in [-0.1, -0.05) is 13.0 Å². The molecule has 2 unspecified atom stereocenters. The number of carbonyl (C=O) groups excluding carboxylic acids is 1. The van der Waals surface area contributed by atoms with E-state index in [1.54, 1.807) is 11.3 Å². The monoisotopic (exact) mass is 267 g/mol. The van der Waals surface area contributed by atoms with Gasteiger partial charge in [0.25, 0.3) is 0 Å². The first kappa shape index (κ1) is 13.1. The van der Waals surface area contributed by atoms with Gasteiger partial charge in [0.15, 0.2) is 0 Å². The summed E-state index contributed by atoms with van der Waals surface area (Å²) >= 11 is 1.63. The zero-order valence-corrected chi connectivity index (χ0v) is 11.2. The van der Waals surface area contributed by atoms with Gasteiger partial charge in [0.2, 0.25) is 5.91 Å². The Balaban J connectivity index is 1.94. The number of rotatable bonds is 4. The maximum atomic E-state index is 12.1. The number of aryl methyl sites for hydroxylation is 1. The molecule has 0 bridgehead atoms. The van der Waals surface area contributed by atoms with Crippen LogP contribution in [0.25, 0.3) is 0 Å². The zero-order valence-electron chi connectivity index (χ0n) is 10.3. The minimum Gasteiger partial charge on any atom is -0.480 e. The number of carboxylic acids is 1. The Hall–Kier alpha value is -1.36. The van der Waals surface area contributed by atoms with Gasteiger partial charge >= 0.3 is 5.97 Å². The predicted molar refractivity (Wildman–Crippen MR) is 69.6 cm³/mol. The number of carboxylic acid groups (broad SMARTS) is 1. The smallest absolute Gasteiger partial charge is 0.326 e. The van der Waals surface area contributed by atoms with Crippen molar-refractivity contribution in [2.45, 2.75) is 32.2 Å². The largest absolute Gasteiger partial charge is 0.480 e. The van der Waals surface area contributed by atoms with Gasteiger partial charge in [-0.2, -0.15) is 0 Å². The molecule has 1 aliphatic heterocycles. The normalized spacial score (nSPS) is 23.3. The van der Waals surface area contributed by atoms with Crippen molar-refractivity contribution >= 4 is 23.2 Å². The fourth-order valence-corrected chi connectivity index (χ4v) is 3.14. The molecule has 4 nitrogen and oxygen atoms in total. The summed E-state index contributed by atoms with van der Waals surface area (Å²) in [5.74, 6) is -0.877. The highest BCUT2D eigenvalue weighted by Gasteiger charge is 2.38. The molecule has 2 heterocycles. The Morgan fingerprint density at radius 3 is 2.94 bits per heavy atom. The van der Waals surface area contributed by atoms with Crippen LogP contribution in [0.5, 0.6) is 0 Å². The average Bonchev–Trinajstić information content (AvgIpc) is 2.94. The van der Waals surface area contributed by atoms with E-state index < -0.39 is 12.0 Å². The second kappa shape index (κ2) is 5.52. The number of hydrogen-bond acceptors (Lipinski definition) is 3. The fourth-order valence-electron chi connectivity index (χ4n) is 2.43. The highest BCUT2D eigenvalue weighted by molar-refractivity contribution is 7.09. The van der Waals surface area contributed by atoms with Gasteiger partial charge in [-0.15, -0.1) is 11.3 Å². The lowest BCUT2D eigenvalue weighted by molar-refractivity contribution is -0.149. The van der Waals surface area contributed by atoms with E-state index in [2.05, 4.69) is 0 Å². The van der Waals surface area contributed by atoms with Gasteiger partial charge in [0, 0.05) is 17.8 Å². The Bertz CT molecular complexity index is 429. The summed E-state index contributed by atoms with van der Waals surface area (Å²) in [7, 11) is 0. The van der Waals surface area contributed by atoms with E-state index >= 15 is 0 Å². The molecule has 5 heteroatoms. The standard InChI is InChI=1S/C13H17NO3S/c1-9-6-7-14(12(9)13(16)17)11(15)5-4-10-3-2-8-18-10/h2-3,8-9,12H,4-7H2,1H3,(H,16,17).